The standard InChI is InChI=1S/C14H12BrN3O2S/c15-11-6-7-13(18(19)20)12(8-11)17-14(21)16-9-10-4-2-1-3-5-10/h1-8H,9H2,(H2,16,17,21). The maximum absolute atomic E-state index is 11.0. The first kappa shape index (κ1) is 15.4. The number of halogens is 1. The van der Waals surface area contributed by atoms with Gasteiger partial charge in [-0.25, -0.2) is 0 Å². The lowest BCUT2D eigenvalue weighted by Crippen LogP contribution is -2.28. The number of nitrogens with zero attached hydrogens (tertiary/aromatic N) is 1. The number of thiocarbonyl (C=S) groups is 1. The molecule has 0 aliphatic carbocycles. The topological polar surface area (TPSA) is 67.2 Å². The molecule has 0 radical (unpaired) electrons. The fourth-order valence-corrected chi connectivity index (χ4v) is 2.26. The predicted octanol–water partition coefficient (Wildman–Crippen LogP) is 3.84. The van der Waals surface area contributed by atoms with Crippen LogP contribution in [-0.2, 0) is 6.54 Å². The molecule has 0 heterocycles. The Morgan fingerprint density at radius 1 is 1.24 bits per heavy atom. The van der Waals surface area contributed by atoms with E-state index in [1.165, 1.54) is 6.07 Å². The van der Waals surface area contributed by atoms with Gasteiger partial charge in [0.1, 0.15) is 5.69 Å². The fraction of sp³-hybridized carbons (Fsp3) is 0.0714. The smallest absolute Gasteiger partial charge is 0.292 e. The summed E-state index contributed by atoms with van der Waals surface area (Å²) in [6.07, 6.45) is 0. The maximum Gasteiger partial charge on any atom is 0.292 e. The van der Waals surface area contributed by atoms with Crippen LogP contribution < -0.4 is 10.6 Å². The Morgan fingerprint density at radius 3 is 2.62 bits per heavy atom. The third kappa shape index (κ3) is 4.51. The van der Waals surface area contributed by atoms with E-state index in [0.29, 0.717) is 17.3 Å². The number of nitro benzene ring substituents is 1. The number of anilines is 1. The van der Waals surface area contributed by atoms with Crippen LogP contribution in [0.2, 0.25) is 0 Å². The Kier molecular flexibility index (Phi) is 5.24. The van der Waals surface area contributed by atoms with Crippen molar-refractivity contribution in [3.8, 4) is 0 Å². The molecule has 2 aromatic rings. The summed E-state index contributed by atoms with van der Waals surface area (Å²) in [5.74, 6) is 0. The van der Waals surface area contributed by atoms with Crippen LogP contribution in [0.5, 0.6) is 0 Å². The van der Waals surface area contributed by atoms with E-state index in [9.17, 15) is 10.1 Å². The molecule has 0 saturated carbocycles. The molecule has 21 heavy (non-hydrogen) atoms. The molecular weight excluding hydrogens is 354 g/mol. The first-order valence-corrected chi connectivity index (χ1v) is 7.29. The molecule has 0 fully saturated rings. The van der Waals surface area contributed by atoms with Gasteiger partial charge in [0.25, 0.3) is 5.69 Å². The van der Waals surface area contributed by atoms with Crippen molar-refractivity contribution < 1.29 is 4.92 Å². The summed E-state index contributed by atoms with van der Waals surface area (Å²) in [7, 11) is 0. The number of nitrogens with one attached hydrogen (secondary N) is 2. The van der Waals surface area contributed by atoms with E-state index in [0.717, 1.165) is 10.0 Å². The normalized spacial score (nSPS) is 9.95. The van der Waals surface area contributed by atoms with E-state index in [-0.39, 0.29) is 5.69 Å². The van der Waals surface area contributed by atoms with Gasteiger partial charge in [-0.05, 0) is 29.9 Å². The van der Waals surface area contributed by atoms with Gasteiger partial charge < -0.3 is 10.6 Å². The quantitative estimate of drug-likeness (QED) is 0.489. The highest BCUT2D eigenvalue weighted by Gasteiger charge is 2.14. The van der Waals surface area contributed by atoms with Crippen molar-refractivity contribution in [1.29, 1.82) is 0 Å². The zero-order valence-corrected chi connectivity index (χ0v) is 13.3. The molecule has 2 rings (SSSR count). The van der Waals surface area contributed by atoms with Crippen molar-refractivity contribution in [3.05, 3.63) is 68.7 Å². The Bertz CT molecular complexity index is 665. The summed E-state index contributed by atoms with van der Waals surface area (Å²) < 4.78 is 0.737. The molecule has 2 N–H and O–H groups in total. The molecule has 0 saturated heterocycles. The highest BCUT2D eigenvalue weighted by atomic mass is 79.9. The number of hydrogen-bond acceptors (Lipinski definition) is 3. The fourth-order valence-electron chi connectivity index (χ4n) is 1.71. The Morgan fingerprint density at radius 2 is 1.95 bits per heavy atom. The van der Waals surface area contributed by atoms with Gasteiger partial charge in [-0.3, -0.25) is 10.1 Å². The third-order valence-corrected chi connectivity index (χ3v) is 3.44. The average molecular weight is 366 g/mol. The molecule has 0 aromatic heterocycles. The van der Waals surface area contributed by atoms with Crippen molar-refractivity contribution in [2.45, 2.75) is 6.54 Å². The van der Waals surface area contributed by atoms with Crippen molar-refractivity contribution in [2.24, 2.45) is 0 Å². The second kappa shape index (κ2) is 7.14. The van der Waals surface area contributed by atoms with E-state index in [2.05, 4.69) is 26.6 Å². The molecule has 5 nitrogen and oxygen atoms in total. The van der Waals surface area contributed by atoms with Gasteiger partial charge in [0.2, 0.25) is 0 Å². The van der Waals surface area contributed by atoms with E-state index in [1.807, 2.05) is 30.3 Å². The van der Waals surface area contributed by atoms with Crippen LogP contribution in [-0.4, -0.2) is 10.0 Å². The van der Waals surface area contributed by atoms with Crippen molar-refractivity contribution in [3.63, 3.8) is 0 Å². The number of nitro groups is 1. The van der Waals surface area contributed by atoms with Gasteiger partial charge >= 0.3 is 0 Å². The molecule has 0 aliphatic heterocycles. The Hall–Kier alpha value is -1.99. The zero-order chi connectivity index (χ0) is 15.2. The molecule has 108 valence electrons. The summed E-state index contributed by atoms with van der Waals surface area (Å²) in [6.45, 7) is 0.550. The van der Waals surface area contributed by atoms with Crippen LogP contribution in [0.15, 0.2) is 53.0 Å². The summed E-state index contributed by atoms with van der Waals surface area (Å²) in [4.78, 5) is 10.5. The summed E-state index contributed by atoms with van der Waals surface area (Å²) in [6, 6.07) is 14.4. The zero-order valence-electron chi connectivity index (χ0n) is 10.9. The molecule has 0 aliphatic rings. The minimum atomic E-state index is -0.450. The Labute approximate surface area is 135 Å². The summed E-state index contributed by atoms with van der Waals surface area (Å²) in [5.41, 5.74) is 1.40. The number of rotatable bonds is 4. The predicted molar refractivity (Wildman–Crippen MR) is 90.3 cm³/mol. The van der Waals surface area contributed by atoms with Crippen molar-refractivity contribution in [1.82, 2.24) is 5.32 Å². The second-order valence-electron chi connectivity index (χ2n) is 4.21. The second-order valence-corrected chi connectivity index (χ2v) is 5.54. The molecule has 0 amide bonds. The molecule has 0 spiro atoms. The van der Waals surface area contributed by atoms with Crippen LogP contribution in [0.4, 0.5) is 11.4 Å². The van der Waals surface area contributed by atoms with E-state index in [1.54, 1.807) is 12.1 Å². The van der Waals surface area contributed by atoms with Gasteiger partial charge in [0.15, 0.2) is 5.11 Å². The molecule has 0 unspecified atom stereocenters. The van der Waals surface area contributed by atoms with Crippen molar-refractivity contribution in [2.75, 3.05) is 5.32 Å². The lowest BCUT2D eigenvalue weighted by molar-refractivity contribution is -0.383. The lowest BCUT2D eigenvalue weighted by atomic mass is 10.2. The first-order chi connectivity index (χ1) is 10.1. The molecule has 7 heteroatoms. The van der Waals surface area contributed by atoms with Gasteiger partial charge in [-0.2, -0.15) is 0 Å². The van der Waals surface area contributed by atoms with Gasteiger partial charge in [0.05, 0.1) is 4.92 Å². The molecule has 2 aromatic carbocycles. The SMILES string of the molecule is O=[N+]([O-])c1ccc(Br)cc1NC(=S)NCc1ccccc1. The third-order valence-electron chi connectivity index (χ3n) is 2.70. The van der Waals surface area contributed by atoms with Crippen LogP contribution in [0.3, 0.4) is 0 Å². The van der Waals surface area contributed by atoms with Crippen LogP contribution >= 0.6 is 28.1 Å². The van der Waals surface area contributed by atoms with E-state index < -0.39 is 4.92 Å². The highest BCUT2D eigenvalue weighted by molar-refractivity contribution is 9.10. The van der Waals surface area contributed by atoms with Gasteiger partial charge in [0, 0.05) is 17.1 Å². The number of hydrogen-bond donors (Lipinski definition) is 2. The van der Waals surface area contributed by atoms with Crippen LogP contribution in [0.1, 0.15) is 5.56 Å². The molecule has 0 atom stereocenters. The van der Waals surface area contributed by atoms with E-state index in [4.69, 9.17) is 12.2 Å². The van der Waals surface area contributed by atoms with Crippen LogP contribution in [0.25, 0.3) is 0 Å². The first-order valence-electron chi connectivity index (χ1n) is 6.09. The van der Waals surface area contributed by atoms with E-state index >= 15 is 0 Å². The highest BCUT2D eigenvalue weighted by Crippen LogP contribution is 2.27. The summed E-state index contributed by atoms with van der Waals surface area (Å²) >= 11 is 8.45. The monoisotopic (exact) mass is 365 g/mol. The minimum absolute atomic E-state index is 0.0259. The minimum Gasteiger partial charge on any atom is -0.358 e. The average Bonchev–Trinajstić information content (AvgIpc) is 2.46. The lowest BCUT2D eigenvalue weighted by Gasteiger charge is -2.11. The molecule has 0 bridgehead atoms. The largest absolute Gasteiger partial charge is 0.358 e. The van der Waals surface area contributed by atoms with Crippen molar-refractivity contribution >= 4 is 44.6 Å². The summed E-state index contributed by atoms with van der Waals surface area (Å²) in [5, 5.41) is 17.2. The van der Waals surface area contributed by atoms with Crippen LogP contribution in [0, 0.1) is 10.1 Å². The maximum atomic E-state index is 11.0. The van der Waals surface area contributed by atoms with Gasteiger partial charge in [-0.15, -0.1) is 0 Å². The molecular formula is C14H12BrN3O2S. The number of benzene rings is 2. The van der Waals surface area contributed by atoms with Gasteiger partial charge in [-0.1, -0.05) is 46.3 Å². The Balaban J connectivity index is 2.02.